The lowest BCUT2D eigenvalue weighted by Gasteiger charge is -2.19. The van der Waals surface area contributed by atoms with E-state index in [1.165, 1.54) is 5.56 Å². The highest BCUT2D eigenvalue weighted by Crippen LogP contribution is 2.29. The predicted octanol–water partition coefficient (Wildman–Crippen LogP) is 4.19. The molecule has 3 nitrogen and oxygen atoms in total. The molecule has 0 aliphatic heterocycles. The fourth-order valence-corrected chi connectivity index (χ4v) is 2.66. The van der Waals surface area contributed by atoms with E-state index in [4.69, 9.17) is 11.6 Å². The summed E-state index contributed by atoms with van der Waals surface area (Å²) in [5, 5.41) is 2.91. The summed E-state index contributed by atoms with van der Waals surface area (Å²) in [6.45, 7) is 2.07. The molecule has 0 spiro atoms. The average molecular weight is 312 g/mol. The summed E-state index contributed by atoms with van der Waals surface area (Å²) in [4.78, 5) is 24.8. The van der Waals surface area contributed by atoms with Gasteiger partial charge in [-0.25, -0.2) is 0 Å². The normalized spacial score (nSPS) is 14.1. The number of rotatable bonds is 3. The van der Waals surface area contributed by atoms with Crippen LogP contribution in [-0.2, 0) is 6.42 Å². The molecule has 1 aliphatic rings. The van der Waals surface area contributed by atoms with Gasteiger partial charge in [-0.1, -0.05) is 54.9 Å². The minimum atomic E-state index is -0.329. The summed E-state index contributed by atoms with van der Waals surface area (Å²) < 4.78 is 0. The number of aryl methyl sites for hydroxylation is 1. The predicted molar refractivity (Wildman–Crippen MR) is 87.4 cm³/mol. The molecule has 0 unspecified atom stereocenters. The number of allylic oxidation sites excluding steroid dienone is 2. The molecule has 0 fully saturated rings. The number of hydrogen-bond donors (Lipinski definition) is 1. The molecule has 2 aromatic carbocycles. The van der Waals surface area contributed by atoms with Gasteiger partial charge in [0.2, 0.25) is 11.6 Å². The summed E-state index contributed by atoms with van der Waals surface area (Å²) in [7, 11) is 0. The van der Waals surface area contributed by atoms with Gasteiger partial charge < -0.3 is 5.32 Å². The maximum Gasteiger partial charge on any atom is 0.211 e. The highest BCUT2D eigenvalue weighted by atomic mass is 35.5. The van der Waals surface area contributed by atoms with Crippen molar-refractivity contribution in [1.29, 1.82) is 0 Å². The van der Waals surface area contributed by atoms with Crippen molar-refractivity contribution in [3.05, 3.63) is 76.0 Å². The van der Waals surface area contributed by atoms with Gasteiger partial charge in [-0.2, -0.15) is 0 Å². The summed E-state index contributed by atoms with van der Waals surface area (Å²) >= 11 is 6.11. The standard InChI is InChI=1S/C18H14ClNO2/c1-2-11-7-9-12(10-8-11)20-16-15(19)17(21)13-5-3-4-6-14(13)18(16)22/h3-10,20H,2H2,1H3. The van der Waals surface area contributed by atoms with E-state index in [9.17, 15) is 9.59 Å². The zero-order valence-electron chi connectivity index (χ0n) is 12.0. The molecule has 3 rings (SSSR count). The smallest absolute Gasteiger partial charge is 0.211 e. The van der Waals surface area contributed by atoms with Crippen molar-refractivity contribution in [2.45, 2.75) is 13.3 Å². The van der Waals surface area contributed by atoms with Crippen LogP contribution in [0.2, 0.25) is 0 Å². The molecule has 2 aromatic rings. The van der Waals surface area contributed by atoms with Gasteiger partial charge in [0.1, 0.15) is 10.7 Å². The van der Waals surface area contributed by atoms with Crippen LogP contribution in [0.15, 0.2) is 59.3 Å². The van der Waals surface area contributed by atoms with Crippen LogP contribution in [-0.4, -0.2) is 11.6 Å². The second kappa shape index (κ2) is 5.78. The largest absolute Gasteiger partial charge is 0.351 e. The van der Waals surface area contributed by atoms with Crippen LogP contribution < -0.4 is 5.32 Å². The molecule has 0 heterocycles. The average Bonchev–Trinajstić information content (AvgIpc) is 2.57. The molecule has 1 aliphatic carbocycles. The van der Waals surface area contributed by atoms with Crippen LogP contribution in [0, 0.1) is 0 Å². The Morgan fingerprint density at radius 3 is 2.09 bits per heavy atom. The van der Waals surface area contributed by atoms with Crippen molar-refractivity contribution in [2.75, 3.05) is 5.32 Å². The molecule has 0 saturated carbocycles. The van der Waals surface area contributed by atoms with E-state index in [1.54, 1.807) is 24.3 Å². The molecule has 0 radical (unpaired) electrons. The second-order valence-corrected chi connectivity index (χ2v) is 5.45. The Balaban J connectivity index is 1.97. The first-order valence-electron chi connectivity index (χ1n) is 7.06. The molecule has 0 bridgehead atoms. The van der Waals surface area contributed by atoms with E-state index in [1.807, 2.05) is 24.3 Å². The van der Waals surface area contributed by atoms with Gasteiger partial charge in [0.15, 0.2) is 0 Å². The van der Waals surface area contributed by atoms with Gasteiger partial charge in [-0.05, 0) is 24.1 Å². The molecular weight excluding hydrogens is 298 g/mol. The van der Waals surface area contributed by atoms with Crippen molar-refractivity contribution in [3.8, 4) is 0 Å². The monoisotopic (exact) mass is 311 g/mol. The summed E-state index contributed by atoms with van der Waals surface area (Å²) in [5.74, 6) is -0.593. The Hall–Kier alpha value is -2.39. The third-order valence-electron chi connectivity index (χ3n) is 3.69. The van der Waals surface area contributed by atoms with E-state index in [0.29, 0.717) is 11.1 Å². The van der Waals surface area contributed by atoms with Crippen LogP contribution in [0.4, 0.5) is 5.69 Å². The number of fused-ring (bicyclic) bond motifs is 1. The summed E-state index contributed by atoms with van der Waals surface area (Å²) in [6, 6.07) is 14.4. The molecule has 0 saturated heterocycles. The number of Topliss-reactive ketones (excluding diaryl/α,β-unsaturated/α-hetero) is 2. The van der Waals surface area contributed by atoms with Gasteiger partial charge >= 0.3 is 0 Å². The first kappa shape index (κ1) is 14.5. The van der Waals surface area contributed by atoms with Gasteiger partial charge in [-0.15, -0.1) is 0 Å². The number of ketones is 2. The number of anilines is 1. The van der Waals surface area contributed by atoms with E-state index in [2.05, 4.69) is 12.2 Å². The lowest BCUT2D eigenvalue weighted by molar-refractivity contribution is 0.0982. The molecule has 22 heavy (non-hydrogen) atoms. The number of hydrogen-bond acceptors (Lipinski definition) is 3. The number of nitrogens with one attached hydrogen (secondary N) is 1. The van der Waals surface area contributed by atoms with Crippen LogP contribution in [0.5, 0.6) is 0 Å². The first-order valence-corrected chi connectivity index (χ1v) is 7.43. The van der Waals surface area contributed by atoms with Crippen LogP contribution in [0.3, 0.4) is 0 Å². The Bertz CT molecular complexity index is 791. The summed E-state index contributed by atoms with van der Waals surface area (Å²) in [5.41, 5.74) is 2.79. The van der Waals surface area contributed by atoms with Crippen molar-refractivity contribution in [1.82, 2.24) is 0 Å². The van der Waals surface area contributed by atoms with Crippen LogP contribution in [0.25, 0.3) is 0 Å². The van der Waals surface area contributed by atoms with Crippen LogP contribution in [0.1, 0.15) is 33.2 Å². The maximum atomic E-state index is 12.5. The third-order valence-corrected chi connectivity index (χ3v) is 4.05. The Kier molecular flexibility index (Phi) is 3.82. The Labute approximate surface area is 133 Å². The van der Waals surface area contributed by atoms with Gasteiger partial charge in [0.05, 0.1) is 0 Å². The fraction of sp³-hybridized carbons (Fsp3) is 0.111. The highest BCUT2D eigenvalue weighted by Gasteiger charge is 2.31. The minimum absolute atomic E-state index is 0.0664. The second-order valence-electron chi connectivity index (χ2n) is 5.07. The lowest BCUT2D eigenvalue weighted by Crippen LogP contribution is -2.24. The minimum Gasteiger partial charge on any atom is -0.351 e. The number of benzene rings is 2. The highest BCUT2D eigenvalue weighted by molar-refractivity contribution is 6.50. The molecule has 4 heteroatoms. The zero-order chi connectivity index (χ0) is 15.7. The fourth-order valence-electron chi connectivity index (χ4n) is 2.42. The quantitative estimate of drug-likeness (QED) is 0.924. The van der Waals surface area contributed by atoms with Gasteiger partial charge in [0.25, 0.3) is 0 Å². The SMILES string of the molecule is CCc1ccc(NC2=C(Cl)C(=O)c3ccccc3C2=O)cc1. The zero-order valence-corrected chi connectivity index (χ0v) is 12.8. The first-order chi connectivity index (χ1) is 10.6. The Morgan fingerprint density at radius 1 is 0.909 bits per heavy atom. The number of carbonyl (C=O) groups excluding carboxylic acids is 2. The molecule has 110 valence electrons. The molecule has 0 amide bonds. The van der Waals surface area contributed by atoms with Gasteiger partial charge in [-0.3, -0.25) is 9.59 Å². The molecular formula is C18H14ClNO2. The van der Waals surface area contributed by atoms with Crippen molar-refractivity contribution < 1.29 is 9.59 Å². The van der Waals surface area contributed by atoms with Crippen LogP contribution >= 0.6 is 11.6 Å². The topological polar surface area (TPSA) is 46.2 Å². The van der Waals surface area contributed by atoms with Gasteiger partial charge in [0, 0.05) is 16.8 Å². The van der Waals surface area contributed by atoms with E-state index in [0.717, 1.165) is 12.1 Å². The van der Waals surface area contributed by atoms with Crippen molar-refractivity contribution in [2.24, 2.45) is 0 Å². The van der Waals surface area contributed by atoms with E-state index >= 15 is 0 Å². The molecule has 0 aromatic heterocycles. The molecule has 1 N–H and O–H groups in total. The number of halogens is 1. The lowest BCUT2D eigenvalue weighted by atomic mass is 9.92. The summed E-state index contributed by atoms with van der Waals surface area (Å²) in [6.07, 6.45) is 0.939. The Morgan fingerprint density at radius 2 is 1.50 bits per heavy atom. The third kappa shape index (κ3) is 2.44. The van der Waals surface area contributed by atoms with Crippen molar-refractivity contribution in [3.63, 3.8) is 0 Å². The van der Waals surface area contributed by atoms with E-state index < -0.39 is 0 Å². The molecule has 0 atom stereocenters. The van der Waals surface area contributed by atoms with E-state index in [-0.39, 0.29) is 22.3 Å². The maximum absolute atomic E-state index is 12.5. The van der Waals surface area contributed by atoms with Crippen molar-refractivity contribution >= 4 is 28.9 Å². The number of carbonyl (C=O) groups is 2.